The zero-order valence-electron chi connectivity index (χ0n) is 29.5. The Morgan fingerprint density at radius 2 is 1.42 bits per heavy atom. The molecule has 1 aromatic heterocycles. The van der Waals surface area contributed by atoms with Crippen LogP contribution in [0.2, 0.25) is 0 Å². The van der Waals surface area contributed by atoms with Crippen molar-refractivity contribution in [2.45, 2.75) is 36.9 Å². The van der Waals surface area contributed by atoms with Gasteiger partial charge in [0.05, 0.1) is 39.6 Å². The summed E-state index contributed by atoms with van der Waals surface area (Å²) in [5.74, 6) is 0. The Balaban J connectivity index is 1.13. The maximum Gasteiger partial charge on any atom is 0.126 e. The second kappa shape index (κ2) is 11.9. The van der Waals surface area contributed by atoms with Crippen LogP contribution in [0.1, 0.15) is 47.7 Å². The summed E-state index contributed by atoms with van der Waals surface area (Å²) in [5.41, 5.74) is 15.0. The fourth-order valence-corrected chi connectivity index (χ4v) is 9.80. The van der Waals surface area contributed by atoms with Gasteiger partial charge in [-0.05, 0) is 89.0 Å². The number of para-hydroxylation sites is 4. The number of anilines is 2. The number of rotatable bonds is 5. The van der Waals surface area contributed by atoms with Crippen LogP contribution >= 0.6 is 0 Å². The van der Waals surface area contributed by atoms with Crippen LogP contribution in [0.25, 0.3) is 38.6 Å². The summed E-state index contributed by atoms with van der Waals surface area (Å²) >= 11 is 0. The van der Waals surface area contributed by atoms with Gasteiger partial charge in [-0.15, -0.1) is 0 Å². The molecule has 0 amide bonds. The molecule has 7 aromatic rings. The first kappa shape index (κ1) is 30.3. The zero-order chi connectivity index (χ0) is 34.9. The largest absolute Gasteiger partial charge is 0.360 e. The standard InChI is InChI=1S/C50H39N3/c1-4-16-37(17-5-1)50(38-18-6-2-7-19-38)42-23-11-14-26-46(42)53-45-25-13-10-22-40(45)41-32-36(33-43(50)48(41)53)34-28-30-35(31-29-34)49-51-44-24-12-15-27-47(44)52(49)39-20-8-3-9-21-39/h1-6,8-18,20,22-33,39,49,51H,7,19,21H2. The Labute approximate surface area is 310 Å². The van der Waals surface area contributed by atoms with E-state index in [0.717, 1.165) is 19.3 Å². The number of aromatic nitrogens is 1. The van der Waals surface area contributed by atoms with Crippen molar-refractivity contribution in [3.8, 4) is 16.8 Å². The van der Waals surface area contributed by atoms with Crippen molar-refractivity contribution in [2.75, 3.05) is 10.2 Å². The third-order valence-corrected chi connectivity index (χ3v) is 12.1. The molecule has 3 heteroatoms. The van der Waals surface area contributed by atoms with Gasteiger partial charge in [-0.2, -0.15) is 0 Å². The first-order valence-electron chi connectivity index (χ1n) is 19.0. The third-order valence-electron chi connectivity index (χ3n) is 12.1. The van der Waals surface area contributed by atoms with Crippen LogP contribution in [0.4, 0.5) is 11.4 Å². The lowest BCUT2D eigenvalue weighted by molar-refractivity contribution is 0.633. The average Bonchev–Trinajstić information content (AvgIpc) is 3.79. The molecule has 3 nitrogen and oxygen atoms in total. The molecule has 3 unspecified atom stereocenters. The first-order valence-corrected chi connectivity index (χ1v) is 19.0. The zero-order valence-corrected chi connectivity index (χ0v) is 29.5. The molecule has 1 N–H and O–H groups in total. The highest BCUT2D eigenvalue weighted by Gasteiger charge is 2.46. The summed E-state index contributed by atoms with van der Waals surface area (Å²) in [7, 11) is 0. The summed E-state index contributed by atoms with van der Waals surface area (Å²) < 4.78 is 2.54. The quantitative estimate of drug-likeness (QED) is 0.195. The molecule has 0 bridgehead atoms. The van der Waals surface area contributed by atoms with E-state index in [-0.39, 0.29) is 6.17 Å². The van der Waals surface area contributed by atoms with Crippen LogP contribution < -0.4 is 10.2 Å². The SMILES string of the molecule is C1=CCCC(C2(c3ccccc3)c3ccccc3-n3c4ccccc4c4cc(-c5ccc(C6Nc7ccccc7N6C6C=CC=CC6)cc5)cc2c43)=C1. The highest BCUT2D eigenvalue weighted by molar-refractivity contribution is 6.13. The summed E-state index contributed by atoms with van der Waals surface area (Å²) in [5, 5.41) is 6.45. The number of hydrogen-bond donors (Lipinski definition) is 1. The number of benzene rings is 6. The molecule has 0 saturated carbocycles. The number of hydrogen-bond acceptors (Lipinski definition) is 2. The van der Waals surface area contributed by atoms with E-state index in [4.69, 9.17) is 0 Å². The van der Waals surface area contributed by atoms with Gasteiger partial charge in [-0.25, -0.2) is 0 Å². The van der Waals surface area contributed by atoms with Gasteiger partial charge in [0.15, 0.2) is 0 Å². The molecule has 11 rings (SSSR count). The Kier molecular flexibility index (Phi) is 6.79. The number of nitrogens with one attached hydrogen (secondary N) is 1. The summed E-state index contributed by atoms with van der Waals surface area (Å²) in [6.45, 7) is 0. The smallest absolute Gasteiger partial charge is 0.126 e. The molecule has 53 heavy (non-hydrogen) atoms. The number of fused-ring (bicyclic) bond motifs is 6. The van der Waals surface area contributed by atoms with E-state index in [0.29, 0.717) is 6.04 Å². The molecule has 0 saturated heterocycles. The van der Waals surface area contributed by atoms with Crippen molar-refractivity contribution in [1.82, 2.24) is 4.57 Å². The maximum absolute atomic E-state index is 3.86. The van der Waals surface area contributed by atoms with Gasteiger partial charge >= 0.3 is 0 Å². The molecular weight excluding hydrogens is 643 g/mol. The first-order chi connectivity index (χ1) is 26.3. The van der Waals surface area contributed by atoms with Gasteiger partial charge in [-0.3, -0.25) is 0 Å². The molecule has 6 aromatic carbocycles. The van der Waals surface area contributed by atoms with E-state index in [1.165, 1.54) is 77.8 Å². The minimum Gasteiger partial charge on any atom is -0.360 e. The van der Waals surface area contributed by atoms with Crippen molar-refractivity contribution < 1.29 is 0 Å². The molecule has 4 aliphatic rings. The van der Waals surface area contributed by atoms with Crippen molar-refractivity contribution in [1.29, 1.82) is 0 Å². The van der Waals surface area contributed by atoms with E-state index in [1.54, 1.807) is 0 Å². The van der Waals surface area contributed by atoms with E-state index < -0.39 is 5.41 Å². The summed E-state index contributed by atoms with van der Waals surface area (Å²) in [6.07, 6.45) is 19.0. The van der Waals surface area contributed by atoms with Crippen molar-refractivity contribution in [3.63, 3.8) is 0 Å². The molecule has 254 valence electrons. The second-order valence-corrected chi connectivity index (χ2v) is 14.8. The van der Waals surface area contributed by atoms with Gasteiger partial charge in [0.25, 0.3) is 0 Å². The predicted octanol–water partition coefficient (Wildman–Crippen LogP) is 12.2. The van der Waals surface area contributed by atoms with Crippen molar-refractivity contribution >= 4 is 33.2 Å². The van der Waals surface area contributed by atoms with E-state index in [1.807, 2.05) is 0 Å². The highest BCUT2D eigenvalue weighted by atomic mass is 15.3. The molecule has 3 heterocycles. The minimum atomic E-state index is -0.441. The molecule has 0 radical (unpaired) electrons. The normalized spacial score (nSPS) is 21.1. The monoisotopic (exact) mass is 681 g/mol. The number of allylic oxidation sites excluding steroid dienone is 6. The van der Waals surface area contributed by atoms with Gasteiger partial charge in [0.2, 0.25) is 0 Å². The molecule has 0 spiro atoms. The Bertz CT molecular complexity index is 2690. The van der Waals surface area contributed by atoms with Gasteiger partial charge < -0.3 is 14.8 Å². The molecule has 2 aliphatic carbocycles. The fraction of sp³-hybridized carbons (Fsp3) is 0.120. The van der Waals surface area contributed by atoms with E-state index in [2.05, 4.69) is 197 Å². The topological polar surface area (TPSA) is 20.2 Å². The minimum absolute atomic E-state index is 0.0535. The van der Waals surface area contributed by atoms with Crippen LogP contribution in [-0.4, -0.2) is 10.6 Å². The van der Waals surface area contributed by atoms with Crippen LogP contribution in [-0.2, 0) is 5.41 Å². The van der Waals surface area contributed by atoms with Crippen LogP contribution in [0.5, 0.6) is 0 Å². The predicted molar refractivity (Wildman–Crippen MR) is 221 cm³/mol. The molecule has 0 fully saturated rings. The summed E-state index contributed by atoms with van der Waals surface area (Å²) in [6, 6.07) is 52.7. The van der Waals surface area contributed by atoms with Gasteiger partial charge in [0, 0.05) is 10.8 Å². The lowest BCUT2D eigenvalue weighted by Gasteiger charge is -2.43. The van der Waals surface area contributed by atoms with E-state index >= 15 is 0 Å². The Morgan fingerprint density at radius 1 is 0.623 bits per heavy atom. The van der Waals surface area contributed by atoms with E-state index in [9.17, 15) is 0 Å². The maximum atomic E-state index is 3.86. The molecule has 2 aliphatic heterocycles. The summed E-state index contributed by atoms with van der Waals surface area (Å²) in [4.78, 5) is 2.55. The van der Waals surface area contributed by atoms with Gasteiger partial charge in [0.1, 0.15) is 6.17 Å². The molecule has 3 atom stereocenters. The van der Waals surface area contributed by atoms with Crippen molar-refractivity contribution in [2.24, 2.45) is 0 Å². The Morgan fingerprint density at radius 3 is 2.25 bits per heavy atom. The fourth-order valence-electron chi connectivity index (χ4n) is 9.80. The van der Waals surface area contributed by atoms with Gasteiger partial charge in [-0.1, -0.05) is 151 Å². The third kappa shape index (κ3) is 4.40. The second-order valence-electron chi connectivity index (χ2n) is 14.8. The lowest BCUT2D eigenvalue weighted by atomic mass is 9.61. The van der Waals surface area contributed by atoms with Crippen LogP contribution in [0, 0.1) is 0 Å². The lowest BCUT2D eigenvalue weighted by Crippen LogP contribution is -2.37. The Hall–Kier alpha value is -6.32. The molecular formula is C50H39N3. The number of nitrogens with zero attached hydrogens (tertiary/aromatic N) is 2. The highest BCUT2D eigenvalue weighted by Crippen LogP contribution is 2.56. The van der Waals surface area contributed by atoms with Crippen LogP contribution in [0.3, 0.4) is 0 Å². The van der Waals surface area contributed by atoms with Crippen LogP contribution in [0.15, 0.2) is 188 Å². The van der Waals surface area contributed by atoms with Crippen molar-refractivity contribution in [3.05, 3.63) is 210 Å². The average molecular weight is 682 g/mol.